The molecule has 1 heterocycles. The van der Waals surface area contributed by atoms with Crippen LogP contribution in [0.25, 0.3) is 0 Å². The van der Waals surface area contributed by atoms with Gasteiger partial charge in [-0.1, -0.05) is 65.7 Å². The predicted molar refractivity (Wildman–Crippen MR) is 106 cm³/mol. The largest absolute Gasteiger partial charge is 0.256 e. The van der Waals surface area contributed by atoms with Crippen LogP contribution < -0.4 is 5.01 Å². The highest BCUT2D eigenvalue weighted by atomic mass is 35.5. The van der Waals surface area contributed by atoms with Crippen molar-refractivity contribution >= 4 is 34.6 Å². The number of anilines is 1. The van der Waals surface area contributed by atoms with E-state index < -0.39 is 0 Å². The molecule has 0 unspecified atom stereocenters. The van der Waals surface area contributed by atoms with Crippen molar-refractivity contribution < 1.29 is 4.39 Å². The van der Waals surface area contributed by atoms with Gasteiger partial charge in [-0.25, -0.2) is 4.39 Å². The molecule has 3 aromatic rings. The maximum Gasteiger partial charge on any atom is 0.123 e. The first kappa shape index (κ1) is 17.1. The van der Waals surface area contributed by atoms with Gasteiger partial charge in [-0.05, 0) is 41.5 Å². The van der Waals surface area contributed by atoms with Gasteiger partial charge in [0.2, 0.25) is 0 Å². The van der Waals surface area contributed by atoms with Crippen molar-refractivity contribution in [3.05, 3.63) is 99.8 Å². The monoisotopic (exact) mass is 384 g/mol. The van der Waals surface area contributed by atoms with Gasteiger partial charge in [0.1, 0.15) is 5.82 Å². The van der Waals surface area contributed by atoms with Gasteiger partial charge in [0, 0.05) is 11.4 Å². The molecule has 1 atom stereocenters. The van der Waals surface area contributed by atoms with E-state index in [0.717, 1.165) is 22.5 Å². The Bertz CT molecular complexity index is 970. The maximum atomic E-state index is 13.3. The van der Waals surface area contributed by atoms with Crippen LogP contribution in [0.5, 0.6) is 0 Å². The molecule has 0 fully saturated rings. The Balaban J connectivity index is 1.80. The molecule has 0 aliphatic carbocycles. The van der Waals surface area contributed by atoms with E-state index in [-0.39, 0.29) is 11.9 Å². The number of hydrazone groups is 1. The molecular weight excluding hydrogens is 370 g/mol. The molecule has 0 bridgehead atoms. The van der Waals surface area contributed by atoms with E-state index in [1.54, 1.807) is 12.1 Å². The lowest BCUT2D eigenvalue weighted by molar-refractivity contribution is 0.627. The molecule has 0 radical (unpaired) electrons. The molecule has 0 saturated carbocycles. The molecule has 0 saturated heterocycles. The summed E-state index contributed by atoms with van der Waals surface area (Å²) >= 11 is 12.9. The summed E-state index contributed by atoms with van der Waals surface area (Å²) in [6.45, 7) is 0. The van der Waals surface area contributed by atoms with Gasteiger partial charge < -0.3 is 0 Å². The minimum atomic E-state index is -0.266. The second-order valence-corrected chi connectivity index (χ2v) is 6.91. The van der Waals surface area contributed by atoms with Crippen molar-refractivity contribution in [3.8, 4) is 0 Å². The van der Waals surface area contributed by atoms with Crippen molar-refractivity contribution in [3.63, 3.8) is 0 Å². The van der Waals surface area contributed by atoms with Crippen LogP contribution in [0.4, 0.5) is 10.1 Å². The van der Waals surface area contributed by atoms with Crippen LogP contribution in [-0.2, 0) is 0 Å². The summed E-state index contributed by atoms with van der Waals surface area (Å²) in [5.74, 6) is -0.266. The number of para-hydroxylation sites is 1. The van der Waals surface area contributed by atoms with Gasteiger partial charge in [0.05, 0.1) is 22.5 Å². The minimum absolute atomic E-state index is 0.0800. The van der Waals surface area contributed by atoms with E-state index in [4.69, 9.17) is 28.3 Å². The second-order valence-electron chi connectivity index (χ2n) is 6.09. The van der Waals surface area contributed by atoms with Gasteiger partial charge in [0.15, 0.2) is 0 Å². The Labute approximate surface area is 161 Å². The Hall–Kier alpha value is -2.36. The highest BCUT2D eigenvalue weighted by molar-refractivity contribution is 6.33. The Morgan fingerprint density at radius 3 is 2.19 bits per heavy atom. The molecular formula is C21H15Cl2FN2. The average Bonchev–Trinajstić information content (AvgIpc) is 3.08. The summed E-state index contributed by atoms with van der Waals surface area (Å²) in [5, 5.41) is 8.01. The third-order valence-corrected chi connectivity index (χ3v) is 5.12. The molecule has 0 amide bonds. The van der Waals surface area contributed by atoms with Crippen LogP contribution in [0.15, 0.2) is 77.9 Å². The molecule has 0 aromatic heterocycles. The highest BCUT2D eigenvalue weighted by Crippen LogP contribution is 2.41. The molecule has 4 rings (SSSR count). The topological polar surface area (TPSA) is 15.6 Å². The van der Waals surface area contributed by atoms with Crippen LogP contribution >= 0.6 is 23.2 Å². The number of nitrogens with zero attached hydrogens (tertiary/aromatic N) is 2. The van der Waals surface area contributed by atoms with Gasteiger partial charge in [-0.3, -0.25) is 5.01 Å². The van der Waals surface area contributed by atoms with Crippen molar-refractivity contribution in [2.45, 2.75) is 12.5 Å². The lowest BCUT2D eigenvalue weighted by Crippen LogP contribution is -2.19. The third kappa shape index (κ3) is 3.20. The lowest BCUT2D eigenvalue weighted by atomic mass is 9.98. The van der Waals surface area contributed by atoms with Crippen molar-refractivity contribution in [2.24, 2.45) is 5.10 Å². The molecule has 2 nitrogen and oxygen atoms in total. The van der Waals surface area contributed by atoms with E-state index in [1.165, 1.54) is 12.1 Å². The predicted octanol–water partition coefficient (Wildman–Crippen LogP) is 6.49. The fourth-order valence-electron chi connectivity index (χ4n) is 3.17. The SMILES string of the molecule is Fc1ccc(C2=NN(c3ccccc3Cl)[C@@H](c3ccccc3Cl)C2)cc1. The minimum Gasteiger partial charge on any atom is -0.256 e. The van der Waals surface area contributed by atoms with Crippen LogP contribution in [0.1, 0.15) is 23.6 Å². The van der Waals surface area contributed by atoms with Gasteiger partial charge >= 0.3 is 0 Å². The first-order valence-electron chi connectivity index (χ1n) is 8.25. The normalized spacial score (nSPS) is 16.7. The maximum absolute atomic E-state index is 13.3. The first-order chi connectivity index (χ1) is 12.6. The average molecular weight is 385 g/mol. The van der Waals surface area contributed by atoms with Gasteiger partial charge in [-0.2, -0.15) is 5.10 Å². The Morgan fingerprint density at radius 1 is 0.846 bits per heavy atom. The second kappa shape index (κ2) is 7.10. The van der Waals surface area contributed by atoms with E-state index in [9.17, 15) is 4.39 Å². The van der Waals surface area contributed by atoms with Crippen molar-refractivity contribution in [1.29, 1.82) is 0 Å². The zero-order chi connectivity index (χ0) is 18.1. The molecule has 1 aliphatic rings. The third-order valence-electron chi connectivity index (χ3n) is 4.45. The molecule has 0 spiro atoms. The number of benzene rings is 3. The number of halogens is 3. The number of hydrogen-bond acceptors (Lipinski definition) is 2. The standard InChI is InChI=1S/C21H15Cl2FN2/c22-17-6-2-1-5-16(17)21-13-19(14-9-11-15(24)12-10-14)25-26(21)20-8-4-3-7-18(20)23/h1-12,21H,13H2/t21-/m1/s1. The summed E-state index contributed by atoms with van der Waals surface area (Å²) in [5.41, 5.74) is 3.55. The number of hydrogen-bond donors (Lipinski definition) is 0. The fraction of sp³-hybridized carbons (Fsp3) is 0.0952. The molecule has 1 aliphatic heterocycles. The van der Waals surface area contributed by atoms with Crippen LogP contribution in [-0.4, -0.2) is 5.71 Å². The molecule has 130 valence electrons. The molecule has 5 heteroatoms. The van der Waals surface area contributed by atoms with E-state index in [0.29, 0.717) is 16.5 Å². The summed E-state index contributed by atoms with van der Waals surface area (Å²) in [6.07, 6.45) is 0.653. The number of rotatable bonds is 3. The van der Waals surface area contributed by atoms with E-state index >= 15 is 0 Å². The van der Waals surface area contributed by atoms with Crippen molar-refractivity contribution in [1.82, 2.24) is 0 Å². The van der Waals surface area contributed by atoms with Gasteiger partial charge in [-0.15, -0.1) is 0 Å². The fourth-order valence-corrected chi connectivity index (χ4v) is 3.66. The highest BCUT2D eigenvalue weighted by Gasteiger charge is 2.32. The summed E-state index contributed by atoms with van der Waals surface area (Å²) < 4.78 is 13.3. The molecule has 26 heavy (non-hydrogen) atoms. The van der Waals surface area contributed by atoms with E-state index in [2.05, 4.69) is 0 Å². The quantitative estimate of drug-likeness (QED) is 0.503. The lowest BCUT2D eigenvalue weighted by Gasteiger charge is -2.25. The van der Waals surface area contributed by atoms with Crippen LogP contribution in [0.3, 0.4) is 0 Å². The summed E-state index contributed by atoms with van der Waals surface area (Å²) in [6, 6.07) is 21.6. The molecule has 3 aromatic carbocycles. The van der Waals surface area contributed by atoms with Gasteiger partial charge in [0.25, 0.3) is 0 Å². The smallest absolute Gasteiger partial charge is 0.123 e. The molecule has 0 N–H and O–H groups in total. The van der Waals surface area contributed by atoms with E-state index in [1.807, 2.05) is 53.5 Å². The Morgan fingerprint density at radius 2 is 1.50 bits per heavy atom. The first-order valence-corrected chi connectivity index (χ1v) is 9.00. The Kier molecular flexibility index (Phi) is 4.66. The summed E-state index contributed by atoms with van der Waals surface area (Å²) in [7, 11) is 0. The van der Waals surface area contributed by atoms with Crippen LogP contribution in [0, 0.1) is 5.82 Å². The zero-order valence-corrected chi connectivity index (χ0v) is 15.3. The summed E-state index contributed by atoms with van der Waals surface area (Å²) in [4.78, 5) is 0. The van der Waals surface area contributed by atoms with Crippen molar-refractivity contribution in [2.75, 3.05) is 5.01 Å². The van der Waals surface area contributed by atoms with Crippen LogP contribution in [0.2, 0.25) is 10.0 Å². The zero-order valence-electron chi connectivity index (χ0n) is 13.7.